The van der Waals surface area contributed by atoms with Gasteiger partial charge in [0.05, 0.1) is 17.5 Å². The van der Waals surface area contributed by atoms with E-state index in [2.05, 4.69) is 10.6 Å². The molecule has 0 aromatic heterocycles. The highest BCUT2D eigenvalue weighted by atomic mass is 35.5. The second-order valence-corrected chi connectivity index (χ2v) is 7.22. The van der Waals surface area contributed by atoms with Crippen LogP contribution in [-0.2, 0) is 14.4 Å². The topological polar surface area (TPSA) is 78.5 Å². The molecule has 0 spiro atoms. The van der Waals surface area contributed by atoms with Crippen LogP contribution in [0.3, 0.4) is 0 Å². The van der Waals surface area contributed by atoms with Crippen LogP contribution in [-0.4, -0.2) is 48.0 Å². The maximum atomic E-state index is 12.3. The zero-order valence-corrected chi connectivity index (χ0v) is 15.2. The first-order valence-corrected chi connectivity index (χ1v) is 8.94. The molecular weight excluding hydrogens is 350 g/mol. The summed E-state index contributed by atoms with van der Waals surface area (Å²) in [5.74, 6) is -0.674. The van der Waals surface area contributed by atoms with Gasteiger partial charge in [0.2, 0.25) is 17.7 Å². The summed E-state index contributed by atoms with van der Waals surface area (Å²) in [4.78, 5) is 38.3. The molecule has 1 atom stereocenters. The van der Waals surface area contributed by atoms with Crippen LogP contribution in [0.4, 0.5) is 5.69 Å². The second kappa shape index (κ2) is 8.39. The van der Waals surface area contributed by atoms with Crippen molar-refractivity contribution in [2.24, 2.45) is 0 Å². The molecule has 1 aliphatic heterocycles. The minimum absolute atomic E-state index is 0.00989. The van der Waals surface area contributed by atoms with Crippen molar-refractivity contribution in [1.29, 1.82) is 0 Å². The van der Waals surface area contributed by atoms with Gasteiger partial charge in [-0.3, -0.25) is 14.4 Å². The molecule has 6 nitrogen and oxygen atoms in total. The first-order valence-electron chi connectivity index (χ1n) is 7.68. The number of nitrogens with zero attached hydrogens (tertiary/aromatic N) is 1. The van der Waals surface area contributed by atoms with E-state index in [0.717, 1.165) is 11.3 Å². The number of amides is 3. The molecule has 1 heterocycles. The Morgan fingerprint density at radius 1 is 1.42 bits per heavy atom. The van der Waals surface area contributed by atoms with E-state index in [1.807, 2.05) is 13.0 Å². The van der Waals surface area contributed by atoms with E-state index in [4.69, 9.17) is 11.6 Å². The van der Waals surface area contributed by atoms with Crippen molar-refractivity contribution in [2.75, 3.05) is 25.5 Å². The number of carbonyl (C=O) groups excluding carboxylic acids is 3. The fourth-order valence-corrected chi connectivity index (χ4v) is 3.45. The molecule has 1 aromatic rings. The number of rotatable bonds is 6. The van der Waals surface area contributed by atoms with Crippen molar-refractivity contribution in [2.45, 2.75) is 29.9 Å². The fourth-order valence-electron chi connectivity index (χ4n) is 2.20. The SMILES string of the molecule is CCCNC(=O)CN(C)C(=O)C[C@@H]1Sc2ccc(Cl)cc2NC1=O. The quantitative estimate of drug-likeness (QED) is 0.805. The average Bonchev–Trinajstić information content (AvgIpc) is 2.53. The largest absolute Gasteiger partial charge is 0.355 e. The Hall–Kier alpha value is -1.73. The van der Waals surface area contributed by atoms with Crippen LogP contribution in [0.25, 0.3) is 0 Å². The number of carbonyl (C=O) groups is 3. The van der Waals surface area contributed by atoms with Gasteiger partial charge in [-0.15, -0.1) is 11.8 Å². The van der Waals surface area contributed by atoms with Gasteiger partial charge in [0.15, 0.2) is 0 Å². The van der Waals surface area contributed by atoms with Crippen molar-refractivity contribution in [1.82, 2.24) is 10.2 Å². The Bertz CT molecular complexity index is 653. The summed E-state index contributed by atoms with van der Waals surface area (Å²) >= 11 is 7.25. The van der Waals surface area contributed by atoms with E-state index < -0.39 is 5.25 Å². The Balaban J connectivity index is 1.93. The predicted molar refractivity (Wildman–Crippen MR) is 95.3 cm³/mol. The highest BCUT2D eigenvalue weighted by Crippen LogP contribution is 2.38. The summed E-state index contributed by atoms with van der Waals surface area (Å²) in [6.07, 6.45) is 0.877. The number of anilines is 1. The molecule has 0 saturated carbocycles. The van der Waals surface area contributed by atoms with Gasteiger partial charge >= 0.3 is 0 Å². The smallest absolute Gasteiger partial charge is 0.239 e. The number of nitrogens with one attached hydrogen (secondary N) is 2. The van der Waals surface area contributed by atoms with Crippen molar-refractivity contribution in [3.8, 4) is 0 Å². The molecule has 2 rings (SSSR count). The standard InChI is InChI=1S/C16H20ClN3O3S/c1-3-6-18-14(21)9-20(2)15(22)8-13-16(23)19-11-7-10(17)4-5-12(11)24-13/h4-5,7,13H,3,6,8-9H2,1-2H3,(H,18,21)(H,19,23)/t13-/m0/s1. The normalized spacial score (nSPS) is 16.1. The Morgan fingerprint density at radius 2 is 2.17 bits per heavy atom. The Kier molecular flexibility index (Phi) is 6.51. The number of benzene rings is 1. The van der Waals surface area contributed by atoms with Gasteiger partial charge in [-0.05, 0) is 24.6 Å². The van der Waals surface area contributed by atoms with Crippen molar-refractivity contribution in [3.05, 3.63) is 23.2 Å². The molecule has 0 radical (unpaired) electrons. The first kappa shape index (κ1) is 18.6. The zero-order valence-electron chi connectivity index (χ0n) is 13.6. The average molecular weight is 370 g/mol. The minimum atomic E-state index is -0.521. The van der Waals surface area contributed by atoms with Gasteiger partial charge in [-0.25, -0.2) is 0 Å². The molecule has 0 unspecified atom stereocenters. The molecule has 0 fully saturated rings. The molecule has 2 N–H and O–H groups in total. The highest BCUT2D eigenvalue weighted by molar-refractivity contribution is 8.01. The molecular formula is C16H20ClN3O3S. The fraction of sp³-hybridized carbons (Fsp3) is 0.438. The predicted octanol–water partition coefficient (Wildman–Crippen LogP) is 2.13. The number of thioether (sulfide) groups is 1. The molecule has 8 heteroatoms. The summed E-state index contributed by atoms with van der Waals surface area (Å²) in [7, 11) is 1.56. The maximum absolute atomic E-state index is 12.3. The van der Waals surface area contributed by atoms with Gasteiger partial charge in [0.25, 0.3) is 0 Å². The van der Waals surface area contributed by atoms with Crippen LogP contribution in [0.1, 0.15) is 19.8 Å². The lowest BCUT2D eigenvalue weighted by Crippen LogP contribution is -2.41. The summed E-state index contributed by atoms with van der Waals surface area (Å²) < 4.78 is 0. The Labute approximate surface area is 150 Å². The van der Waals surface area contributed by atoms with Crippen molar-refractivity contribution < 1.29 is 14.4 Å². The van der Waals surface area contributed by atoms with Crippen LogP contribution < -0.4 is 10.6 Å². The Morgan fingerprint density at radius 3 is 2.88 bits per heavy atom. The number of fused-ring (bicyclic) bond motifs is 1. The van der Waals surface area contributed by atoms with E-state index in [1.54, 1.807) is 19.2 Å². The summed E-state index contributed by atoms with van der Waals surface area (Å²) in [5.41, 5.74) is 0.661. The van der Waals surface area contributed by atoms with Gasteiger partial charge in [0, 0.05) is 29.9 Å². The third-order valence-electron chi connectivity index (χ3n) is 3.50. The molecule has 1 aliphatic rings. The van der Waals surface area contributed by atoms with Crippen molar-refractivity contribution in [3.63, 3.8) is 0 Å². The molecule has 0 saturated heterocycles. The summed E-state index contributed by atoms with van der Waals surface area (Å²) in [6.45, 7) is 2.53. The van der Waals surface area contributed by atoms with Crippen LogP contribution in [0.5, 0.6) is 0 Å². The number of halogens is 1. The number of hydrogen-bond acceptors (Lipinski definition) is 4. The summed E-state index contributed by atoms with van der Waals surface area (Å²) in [5, 5.41) is 5.51. The second-order valence-electron chi connectivity index (χ2n) is 5.54. The van der Waals surface area contributed by atoms with E-state index >= 15 is 0 Å². The third-order valence-corrected chi connectivity index (χ3v) is 5.01. The van der Waals surface area contributed by atoms with Gasteiger partial charge in [-0.2, -0.15) is 0 Å². The van der Waals surface area contributed by atoms with Crippen LogP contribution in [0, 0.1) is 0 Å². The van der Waals surface area contributed by atoms with E-state index in [9.17, 15) is 14.4 Å². The number of hydrogen-bond donors (Lipinski definition) is 2. The first-order chi connectivity index (χ1) is 11.4. The van der Waals surface area contributed by atoms with Gasteiger partial charge in [-0.1, -0.05) is 18.5 Å². The molecule has 1 aromatic carbocycles. The van der Waals surface area contributed by atoms with Crippen LogP contribution in [0.2, 0.25) is 5.02 Å². The zero-order chi connectivity index (χ0) is 17.7. The van der Waals surface area contributed by atoms with Crippen LogP contribution >= 0.6 is 23.4 Å². The van der Waals surface area contributed by atoms with Crippen LogP contribution in [0.15, 0.2) is 23.1 Å². The van der Waals surface area contributed by atoms with E-state index in [-0.39, 0.29) is 30.7 Å². The lowest BCUT2D eigenvalue weighted by molar-refractivity contribution is -0.135. The van der Waals surface area contributed by atoms with E-state index in [1.165, 1.54) is 16.7 Å². The molecule has 0 aliphatic carbocycles. The highest BCUT2D eigenvalue weighted by Gasteiger charge is 2.30. The number of likely N-dealkylation sites (N-methyl/N-ethyl adjacent to an activating group) is 1. The minimum Gasteiger partial charge on any atom is -0.355 e. The molecule has 0 bridgehead atoms. The van der Waals surface area contributed by atoms with Gasteiger partial charge < -0.3 is 15.5 Å². The van der Waals surface area contributed by atoms with Crippen molar-refractivity contribution >= 4 is 46.8 Å². The molecule has 130 valence electrons. The molecule has 24 heavy (non-hydrogen) atoms. The summed E-state index contributed by atoms with van der Waals surface area (Å²) in [6, 6.07) is 5.25. The lowest BCUT2D eigenvalue weighted by atomic mass is 10.2. The molecule has 3 amide bonds. The lowest BCUT2D eigenvalue weighted by Gasteiger charge is -2.25. The monoisotopic (exact) mass is 369 g/mol. The van der Waals surface area contributed by atoms with Gasteiger partial charge in [0.1, 0.15) is 0 Å². The van der Waals surface area contributed by atoms with E-state index in [0.29, 0.717) is 17.3 Å². The maximum Gasteiger partial charge on any atom is 0.239 e. The third kappa shape index (κ3) is 4.88.